The molecule has 0 fully saturated rings. The van der Waals surface area contributed by atoms with Crippen molar-refractivity contribution in [2.45, 2.75) is 0 Å². The van der Waals surface area contributed by atoms with Crippen LogP contribution in [0.2, 0.25) is 0 Å². The number of rotatable bonds is 8. The fourth-order valence-corrected chi connectivity index (χ4v) is 12.1. The average molecular weight is 888 g/mol. The van der Waals surface area contributed by atoms with Crippen LogP contribution in [0.25, 0.3) is 107 Å². The highest BCUT2D eigenvalue weighted by Gasteiger charge is 2.16. The summed E-state index contributed by atoms with van der Waals surface area (Å²) in [5.41, 5.74) is 15.4. The number of anilines is 3. The predicted octanol–water partition coefficient (Wildman–Crippen LogP) is 19.4. The quantitative estimate of drug-likeness (QED) is 0.147. The number of thiophene rings is 2. The molecular formula is C64H41NS2. The van der Waals surface area contributed by atoms with Crippen molar-refractivity contribution in [3.8, 4) is 55.6 Å². The van der Waals surface area contributed by atoms with Gasteiger partial charge in [0.25, 0.3) is 0 Å². The predicted molar refractivity (Wildman–Crippen MR) is 292 cm³/mol. The molecule has 13 aromatic rings. The van der Waals surface area contributed by atoms with Crippen LogP contribution in [-0.4, -0.2) is 0 Å². The highest BCUT2D eigenvalue weighted by Crippen LogP contribution is 2.43. The van der Waals surface area contributed by atoms with Crippen molar-refractivity contribution in [3.63, 3.8) is 0 Å². The van der Waals surface area contributed by atoms with Gasteiger partial charge in [0.05, 0.1) is 0 Å². The van der Waals surface area contributed by atoms with Crippen molar-refractivity contribution < 1.29 is 0 Å². The van der Waals surface area contributed by atoms with E-state index in [9.17, 15) is 0 Å². The Bertz CT molecular complexity index is 3950. The highest BCUT2D eigenvalue weighted by atomic mass is 32.1. The summed E-state index contributed by atoms with van der Waals surface area (Å²) in [6.07, 6.45) is 0. The molecule has 11 aromatic carbocycles. The fraction of sp³-hybridized carbons (Fsp3) is 0. The molecule has 2 aromatic heterocycles. The van der Waals surface area contributed by atoms with Crippen LogP contribution in [0.5, 0.6) is 0 Å². The zero-order chi connectivity index (χ0) is 44.3. The van der Waals surface area contributed by atoms with Crippen molar-refractivity contribution >= 4 is 90.9 Å². The van der Waals surface area contributed by atoms with Crippen LogP contribution in [0.15, 0.2) is 249 Å². The van der Waals surface area contributed by atoms with Gasteiger partial charge in [0.1, 0.15) is 0 Å². The first-order valence-electron chi connectivity index (χ1n) is 22.8. The number of fused-ring (bicyclic) bond motifs is 7. The summed E-state index contributed by atoms with van der Waals surface area (Å²) in [6, 6.07) is 91.4. The summed E-state index contributed by atoms with van der Waals surface area (Å²) >= 11 is 3.73. The molecule has 0 unspecified atom stereocenters. The number of nitrogens with zero attached hydrogens (tertiary/aromatic N) is 1. The fourth-order valence-electron chi connectivity index (χ4n) is 9.87. The monoisotopic (exact) mass is 887 g/mol. The van der Waals surface area contributed by atoms with E-state index in [-0.39, 0.29) is 0 Å². The Morgan fingerprint density at radius 2 is 0.672 bits per heavy atom. The Morgan fingerprint density at radius 3 is 1.36 bits per heavy atom. The van der Waals surface area contributed by atoms with Crippen LogP contribution in [0, 0.1) is 0 Å². The van der Waals surface area contributed by atoms with E-state index in [0.717, 1.165) is 17.1 Å². The van der Waals surface area contributed by atoms with Crippen LogP contribution < -0.4 is 4.90 Å². The van der Waals surface area contributed by atoms with E-state index in [1.807, 2.05) is 22.7 Å². The normalized spacial score (nSPS) is 11.6. The Labute approximate surface area is 397 Å². The maximum atomic E-state index is 2.37. The van der Waals surface area contributed by atoms with Crippen LogP contribution in [0.3, 0.4) is 0 Å². The van der Waals surface area contributed by atoms with Crippen molar-refractivity contribution in [2.24, 2.45) is 0 Å². The third-order valence-corrected chi connectivity index (χ3v) is 15.6. The molecule has 0 aliphatic rings. The van der Waals surface area contributed by atoms with Crippen molar-refractivity contribution in [2.75, 3.05) is 4.90 Å². The van der Waals surface area contributed by atoms with E-state index in [0.29, 0.717) is 0 Å². The van der Waals surface area contributed by atoms with Crippen molar-refractivity contribution in [1.82, 2.24) is 0 Å². The molecule has 0 saturated carbocycles. The molecule has 0 spiro atoms. The van der Waals surface area contributed by atoms with Gasteiger partial charge >= 0.3 is 0 Å². The van der Waals surface area contributed by atoms with E-state index in [1.165, 1.54) is 107 Å². The molecule has 0 saturated heterocycles. The van der Waals surface area contributed by atoms with Gasteiger partial charge in [-0.05, 0) is 139 Å². The molecular weight excluding hydrogens is 847 g/mol. The maximum Gasteiger partial charge on any atom is 0.0462 e. The van der Waals surface area contributed by atoms with E-state index in [1.54, 1.807) is 0 Å². The van der Waals surface area contributed by atoms with Crippen LogP contribution in [0.1, 0.15) is 0 Å². The van der Waals surface area contributed by atoms with Gasteiger partial charge in [0.2, 0.25) is 0 Å². The third-order valence-electron chi connectivity index (χ3n) is 13.3. The second kappa shape index (κ2) is 16.4. The minimum atomic E-state index is 1.10. The lowest BCUT2D eigenvalue weighted by Gasteiger charge is -2.26. The van der Waals surface area contributed by atoms with Crippen molar-refractivity contribution in [3.05, 3.63) is 249 Å². The third kappa shape index (κ3) is 7.17. The highest BCUT2D eigenvalue weighted by molar-refractivity contribution is 7.26. The second-order valence-corrected chi connectivity index (χ2v) is 19.4. The first kappa shape index (κ1) is 39.3. The number of hydrogen-bond donors (Lipinski definition) is 0. The van der Waals surface area contributed by atoms with Crippen LogP contribution in [-0.2, 0) is 0 Å². The van der Waals surface area contributed by atoms with Gasteiger partial charge < -0.3 is 4.90 Å². The summed E-state index contributed by atoms with van der Waals surface area (Å²) in [6.45, 7) is 0. The van der Waals surface area contributed by atoms with Gasteiger partial charge in [-0.3, -0.25) is 0 Å². The van der Waals surface area contributed by atoms with Gasteiger partial charge in [0.15, 0.2) is 0 Å². The lowest BCUT2D eigenvalue weighted by Crippen LogP contribution is -2.09. The topological polar surface area (TPSA) is 3.24 Å². The largest absolute Gasteiger partial charge is 0.311 e. The smallest absolute Gasteiger partial charge is 0.0462 e. The summed E-state index contributed by atoms with van der Waals surface area (Å²) in [5.74, 6) is 0. The van der Waals surface area contributed by atoms with Crippen LogP contribution >= 0.6 is 22.7 Å². The second-order valence-electron chi connectivity index (χ2n) is 17.3. The molecule has 0 radical (unpaired) electrons. The molecule has 0 aliphatic carbocycles. The summed E-state index contributed by atoms with van der Waals surface area (Å²) in [5, 5.41) is 7.81. The van der Waals surface area contributed by atoms with E-state index in [2.05, 4.69) is 254 Å². The summed E-state index contributed by atoms with van der Waals surface area (Å²) in [4.78, 5) is 2.37. The molecule has 314 valence electrons. The van der Waals surface area contributed by atoms with E-state index < -0.39 is 0 Å². The molecule has 0 atom stereocenters. The van der Waals surface area contributed by atoms with Gasteiger partial charge in [-0.1, -0.05) is 176 Å². The molecule has 2 heterocycles. The zero-order valence-corrected chi connectivity index (χ0v) is 38.1. The van der Waals surface area contributed by atoms with Crippen LogP contribution in [0.4, 0.5) is 17.1 Å². The van der Waals surface area contributed by atoms with E-state index >= 15 is 0 Å². The maximum absolute atomic E-state index is 2.37. The molecule has 3 heteroatoms. The Balaban J connectivity index is 0.827. The average Bonchev–Trinajstić information content (AvgIpc) is 3.98. The zero-order valence-electron chi connectivity index (χ0n) is 36.4. The van der Waals surface area contributed by atoms with Gasteiger partial charge in [-0.15, -0.1) is 22.7 Å². The molecule has 0 bridgehead atoms. The van der Waals surface area contributed by atoms with Gasteiger partial charge in [-0.25, -0.2) is 0 Å². The van der Waals surface area contributed by atoms with E-state index in [4.69, 9.17) is 0 Å². The van der Waals surface area contributed by atoms with Crippen molar-refractivity contribution in [1.29, 1.82) is 0 Å². The van der Waals surface area contributed by atoms with Gasteiger partial charge in [-0.2, -0.15) is 0 Å². The molecule has 0 amide bonds. The Morgan fingerprint density at radius 1 is 0.239 bits per heavy atom. The molecule has 67 heavy (non-hydrogen) atoms. The standard InChI is InChI=1S/C64H41NS2/c1-2-10-48-40-51(24-23-42(48)9-1)50-12-7-11-49(39-50)45-21-19-43(20-22-45)44-25-32-53(33-26-44)65(54-34-27-46(28-35-54)52-31-38-58-57-13-3-5-16-60(57)67-63(58)41-52)55-36-29-47(30-37-55)56-15-8-18-62-64(56)59-14-4-6-17-61(59)66-62/h1-41H. The Kier molecular flexibility index (Phi) is 9.63. The lowest BCUT2D eigenvalue weighted by atomic mass is 9.96. The Hall–Kier alpha value is -8.08. The first-order valence-corrected chi connectivity index (χ1v) is 24.4. The minimum absolute atomic E-state index is 1.10. The first-order chi connectivity index (χ1) is 33.2. The van der Waals surface area contributed by atoms with Gasteiger partial charge in [0, 0.05) is 57.4 Å². The molecule has 1 nitrogen and oxygen atoms in total. The molecule has 13 rings (SSSR count). The summed E-state index contributed by atoms with van der Waals surface area (Å²) in [7, 11) is 0. The molecule has 0 N–H and O–H groups in total. The molecule has 0 aliphatic heterocycles. The number of benzene rings is 11. The SMILES string of the molecule is c1cc(-c2ccc(-c3ccc(N(c4ccc(-c5ccc6c(c5)sc5ccccc56)cc4)c4ccc(-c5cccc6sc7ccccc7c56)cc4)cc3)cc2)cc(-c2ccc3ccccc3c2)c1. The minimum Gasteiger partial charge on any atom is -0.311 e. The lowest BCUT2D eigenvalue weighted by molar-refractivity contribution is 1.28. The summed E-state index contributed by atoms with van der Waals surface area (Å²) < 4.78 is 5.28. The number of hydrogen-bond acceptors (Lipinski definition) is 3.